The van der Waals surface area contributed by atoms with Gasteiger partial charge in [-0.3, -0.25) is 0 Å². The number of carbonyl (C=O) groups is 2. The predicted octanol–water partition coefficient (Wildman–Crippen LogP) is 4.82. The van der Waals surface area contributed by atoms with Crippen LogP contribution in [0.25, 0.3) is 0 Å². The molecule has 0 aliphatic rings. The lowest BCUT2D eigenvalue weighted by atomic mass is 10.1. The number of esters is 2. The Morgan fingerprint density at radius 2 is 1.75 bits per heavy atom. The monoisotopic (exact) mass is 346 g/mol. The molecule has 0 aliphatic carbocycles. The molecule has 0 aromatic heterocycles. The Balaban J connectivity index is 2.08. The normalized spacial score (nSPS) is 10.3. The first-order valence-corrected chi connectivity index (χ1v) is 8.14. The van der Waals surface area contributed by atoms with Gasteiger partial charge in [-0.2, -0.15) is 0 Å². The molecule has 126 valence electrons. The zero-order valence-corrected chi connectivity index (χ0v) is 14.4. The topological polar surface area (TPSA) is 52.6 Å². The third-order valence-corrected chi connectivity index (χ3v) is 3.83. The summed E-state index contributed by atoms with van der Waals surface area (Å²) in [6.45, 7) is 4.21. The highest BCUT2D eigenvalue weighted by molar-refractivity contribution is 6.31. The van der Waals surface area contributed by atoms with Crippen molar-refractivity contribution in [2.45, 2.75) is 26.7 Å². The number of hydrogen-bond donors (Lipinski definition) is 0. The summed E-state index contributed by atoms with van der Waals surface area (Å²) in [7, 11) is 0. The highest BCUT2D eigenvalue weighted by atomic mass is 35.5. The molecule has 0 atom stereocenters. The van der Waals surface area contributed by atoms with Crippen LogP contribution in [0.5, 0.6) is 5.75 Å². The average Bonchev–Trinajstić information content (AvgIpc) is 2.58. The van der Waals surface area contributed by atoms with Crippen molar-refractivity contribution in [3.8, 4) is 5.75 Å². The van der Waals surface area contributed by atoms with Crippen LogP contribution in [0.3, 0.4) is 0 Å². The molecule has 0 bridgehead atoms. The van der Waals surface area contributed by atoms with E-state index in [2.05, 4.69) is 0 Å². The maximum Gasteiger partial charge on any atom is 0.343 e. The van der Waals surface area contributed by atoms with Crippen LogP contribution >= 0.6 is 11.6 Å². The van der Waals surface area contributed by atoms with E-state index in [1.54, 1.807) is 36.4 Å². The summed E-state index contributed by atoms with van der Waals surface area (Å²) >= 11 is 5.95. The summed E-state index contributed by atoms with van der Waals surface area (Å²) in [4.78, 5) is 24.2. The van der Waals surface area contributed by atoms with Gasteiger partial charge in [-0.25, -0.2) is 9.59 Å². The SMILES string of the molecule is CCCCOC(=O)c1cccc(C(=O)Oc2ccc(Cl)c(C)c2)c1. The summed E-state index contributed by atoms with van der Waals surface area (Å²) in [5.74, 6) is -0.585. The lowest BCUT2D eigenvalue weighted by molar-refractivity contribution is 0.0499. The van der Waals surface area contributed by atoms with Crippen LogP contribution in [0.4, 0.5) is 0 Å². The summed E-state index contributed by atoms with van der Waals surface area (Å²) in [5.41, 5.74) is 1.43. The van der Waals surface area contributed by atoms with E-state index in [1.165, 1.54) is 6.07 Å². The summed E-state index contributed by atoms with van der Waals surface area (Å²) in [6, 6.07) is 11.3. The lowest BCUT2D eigenvalue weighted by Crippen LogP contribution is -2.11. The molecule has 0 radical (unpaired) electrons. The Bertz CT molecular complexity index is 740. The molecule has 0 saturated carbocycles. The zero-order valence-electron chi connectivity index (χ0n) is 13.7. The van der Waals surface area contributed by atoms with Crippen molar-refractivity contribution in [3.05, 3.63) is 64.2 Å². The van der Waals surface area contributed by atoms with Gasteiger partial charge in [0.15, 0.2) is 0 Å². The fraction of sp³-hybridized carbons (Fsp3) is 0.263. The second-order valence-electron chi connectivity index (χ2n) is 5.37. The minimum atomic E-state index is -0.542. The molecule has 4 nitrogen and oxygen atoms in total. The van der Waals surface area contributed by atoms with Crippen LogP contribution in [0.1, 0.15) is 46.0 Å². The van der Waals surface area contributed by atoms with Crippen LogP contribution in [-0.4, -0.2) is 18.5 Å². The van der Waals surface area contributed by atoms with Crippen molar-refractivity contribution in [1.82, 2.24) is 0 Å². The van der Waals surface area contributed by atoms with Gasteiger partial charge >= 0.3 is 11.9 Å². The van der Waals surface area contributed by atoms with Crippen molar-refractivity contribution >= 4 is 23.5 Å². The Hall–Kier alpha value is -2.33. The van der Waals surface area contributed by atoms with E-state index in [9.17, 15) is 9.59 Å². The summed E-state index contributed by atoms with van der Waals surface area (Å²) in [6.07, 6.45) is 1.75. The minimum Gasteiger partial charge on any atom is -0.462 e. The molecule has 2 aromatic rings. The van der Waals surface area contributed by atoms with Crippen LogP contribution < -0.4 is 4.74 Å². The first kappa shape index (κ1) is 18.0. The standard InChI is InChI=1S/C19H19ClO4/c1-3-4-10-23-18(21)14-6-5-7-15(12-14)19(22)24-16-8-9-17(20)13(2)11-16/h5-9,11-12H,3-4,10H2,1-2H3. The summed E-state index contributed by atoms with van der Waals surface area (Å²) < 4.78 is 10.5. The fourth-order valence-electron chi connectivity index (χ4n) is 2.01. The van der Waals surface area contributed by atoms with Crippen LogP contribution in [0, 0.1) is 6.92 Å². The van der Waals surface area contributed by atoms with Gasteiger partial charge in [0.25, 0.3) is 0 Å². The molecule has 5 heteroatoms. The number of unbranched alkanes of at least 4 members (excludes halogenated alkanes) is 1. The van der Waals surface area contributed by atoms with Crippen molar-refractivity contribution < 1.29 is 19.1 Å². The van der Waals surface area contributed by atoms with Crippen LogP contribution in [0.15, 0.2) is 42.5 Å². The van der Waals surface area contributed by atoms with Crippen molar-refractivity contribution in [3.63, 3.8) is 0 Å². The van der Waals surface area contributed by atoms with Gasteiger partial charge in [-0.15, -0.1) is 0 Å². The number of carbonyl (C=O) groups excluding carboxylic acids is 2. The van der Waals surface area contributed by atoms with Gasteiger partial charge < -0.3 is 9.47 Å². The molecule has 0 aliphatic heterocycles. The predicted molar refractivity (Wildman–Crippen MR) is 92.8 cm³/mol. The largest absolute Gasteiger partial charge is 0.462 e. The molecule has 2 aromatic carbocycles. The van der Waals surface area contributed by atoms with Gasteiger partial charge in [-0.05, 0) is 55.3 Å². The van der Waals surface area contributed by atoms with Crippen molar-refractivity contribution in [1.29, 1.82) is 0 Å². The van der Waals surface area contributed by atoms with E-state index in [0.717, 1.165) is 18.4 Å². The second-order valence-corrected chi connectivity index (χ2v) is 5.78. The average molecular weight is 347 g/mol. The van der Waals surface area contributed by atoms with E-state index in [1.807, 2.05) is 13.8 Å². The van der Waals surface area contributed by atoms with E-state index >= 15 is 0 Å². The maximum atomic E-state index is 12.2. The number of benzene rings is 2. The molecule has 0 saturated heterocycles. The van der Waals surface area contributed by atoms with Gasteiger partial charge in [0.05, 0.1) is 17.7 Å². The first-order valence-electron chi connectivity index (χ1n) is 7.76. The second kappa shape index (κ2) is 8.50. The van der Waals surface area contributed by atoms with Crippen LogP contribution in [-0.2, 0) is 4.74 Å². The molecule has 0 heterocycles. The number of ether oxygens (including phenoxy) is 2. The fourth-order valence-corrected chi connectivity index (χ4v) is 2.13. The quantitative estimate of drug-likeness (QED) is 0.427. The van der Waals surface area contributed by atoms with Gasteiger partial charge in [0, 0.05) is 5.02 Å². The van der Waals surface area contributed by atoms with E-state index < -0.39 is 11.9 Å². The highest BCUT2D eigenvalue weighted by Crippen LogP contribution is 2.22. The molecule has 0 spiro atoms. The molecule has 0 unspecified atom stereocenters. The zero-order chi connectivity index (χ0) is 17.5. The van der Waals surface area contributed by atoms with Gasteiger partial charge in [0.2, 0.25) is 0 Å². The molecule has 0 amide bonds. The highest BCUT2D eigenvalue weighted by Gasteiger charge is 2.13. The molecular formula is C19H19ClO4. The van der Waals surface area contributed by atoms with Crippen molar-refractivity contribution in [2.75, 3.05) is 6.61 Å². The Labute approximate surface area is 146 Å². The molecule has 24 heavy (non-hydrogen) atoms. The minimum absolute atomic E-state index is 0.285. The molecule has 2 rings (SSSR count). The first-order chi connectivity index (χ1) is 11.5. The number of hydrogen-bond acceptors (Lipinski definition) is 4. The van der Waals surface area contributed by atoms with E-state index in [0.29, 0.717) is 22.9 Å². The number of rotatable bonds is 6. The van der Waals surface area contributed by atoms with Gasteiger partial charge in [0.1, 0.15) is 5.75 Å². The molecule has 0 N–H and O–H groups in total. The Morgan fingerprint density at radius 3 is 2.42 bits per heavy atom. The smallest absolute Gasteiger partial charge is 0.343 e. The third-order valence-electron chi connectivity index (χ3n) is 3.40. The molecule has 0 fully saturated rings. The number of aryl methyl sites for hydroxylation is 1. The van der Waals surface area contributed by atoms with Gasteiger partial charge in [-0.1, -0.05) is 31.0 Å². The lowest BCUT2D eigenvalue weighted by Gasteiger charge is -2.08. The van der Waals surface area contributed by atoms with E-state index in [-0.39, 0.29) is 5.56 Å². The number of halogens is 1. The third kappa shape index (κ3) is 4.83. The molecular weight excluding hydrogens is 328 g/mol. The van der Waals surface area contributed by atoms with Crippen molar-refractivity contribution in [2.24, 2.45) is 0 Å². The van der Waals surface area contributed by atoms with Crippen LogP contribution in [0.2, 0.25) is 5.02 Å². The Kier molecular flexibility index (Phi) is 6.38. The Morgan fingerprint density at radius 1 is 1.04 bits per heavy atom. The van der Waals surface area contributed by atoms with E-state index in [4.69, 9.17) is 21.1 Å². The maximum absolute atomic E-state index is 12.2. The summed E-state index contributed by atoms with van der Waals surface area (Å²) in [5, 5.41) is 0.603.